The molecular weight excluding hydrogens is 436 g/mol. The van der Waals surface area contributed by atoms with Crippen LogP contribution >= 0.6 is 23.4 Å². The van der Waals surface area contributed by atoms with Gasteiger partial charge in [0.25, 0.3) is 11.8 Å². The van der Waals surface area contributed by atoms with Crippen LogP contribution in [-0.4, -0.2) is 45.4 Å². The van der Waals surface area contributed by atoms with Crippen LogP contribution in [0.15, 0.2) is 23.2 Å². The molecule has 0 spiro atoms. The Hall–Kier alpha value is -2.46. The fraction of sp³-hybridized carbons (Fsp3) is 0.368. The molecule has 3 N–H and O–H groups in total. The zero-order valence-electron chi connectivity index (χ0n) is 16.5. The molecule has 3 rings (SSSR count). The highest BCUT2D eigenvalue weighted by Gasteiger charge is 2.30. The predicted octanol–water partition coefficient (Wildman–Crippen LogP) is 3.88. The van der Waals surface area contributed by atoms with Crippen molar-refractivity contribution in [3.63, 3.8) is 0 Å². The molecule has 0 fully saturated rings. The molecule has 1 aliphatic heterocycles. The van der Waals surface area contributed by atoms with Gasteiger partial charge in [0.05, 0.1) is 28.7 Å². The topological polar surface area (TPSA) is 99.2 Å². The number of benzene rings is 1. The molecule has 11 heteroatoms. The normalized spacial score (nSPS) is 16.3. The molecule has 1 aromatic heterocycles. The summed E-state index contributed by atoms with van der Waals surface area (Å²) in [5, 5.41) is 12.5. The highest BCUT2D eigenvalue weighted by Crippen LogP contribution is 2.35. The van der Waals surface area contributed by atoms with E-state index in [1.807, 2.05) is 0 Å². The fourth-order valence-corrected chi connectivity index (χ4v) is 3.98. The van der Waals surface area contributed by atoms with E-state index in [1.165, 1.54) is 6.07 Å². The smallest absolute Gasteiger partial charge is 0.272 e. The lowest BCUT2D eigenvalue weighted by atomic mass is 9.92. The van der Waals surface area contributed by atoms with Crippen molar-refractivity contribution >= 4 is 46.0 Å². The average Bonchev–Trinajstić information content (AvgIpc) is 3.32. The predicted molar refractivity (Wildman–Crippen MR) is 113 cm³/mol. The zero-order chi connectivity index (χ0) is 22.1. The van der Waals surface area contributed by atoms with Gasteiger partial charge in [-0.1, -0.05) is 32.4 Å². The highest BCUT2D eigenvalue weighted by atomic mass is 35.5. The summed E-state index contributed by atoms with van der Waals surface area (Å²) < 4.78 is 26.5. The number of halogens is 3. The molecular formula is C19H20ClF2N5O2S. The molecule has 1 aromatic carbocycles. The molecule has 2 amide bonds. The van der Waals surface area contributed by atoms with Crippen LogP contribution in [0, 0.1) is 17.0 Å². The van der Waals surface area contributed by atoms with Gasteiger partial charge in [-0.05, 0) is 17.5 Å². The molecule has 1 aliphatic rings. The van der Waals surface area contributed by atoms with Gasteiger partial charge in [-0.25, -0.2) is 8.78 Å². The van der Waals surface area contributed by atoms with Crippen LogP contribution in [0.3, 0.4) is 0 Å². The van der Waals surface area contributed by atoms with E-state index >= 15 is 0 Å². The molecule has 2 aromatic rings. The van der Waals surface area contributed by atoms with Gasteiger partial charge < -0.3 is 10.6 Å². The van der Waals surface area contributed by atoms with Crippen molar-refractivity contribution < 1.29 is 18.4 Å². The minimum atomic E-state index is -1.20. The van der Waals surface area contributed by atoms with E-state index in [2.05, 4.69) is 46.6 Å². The number of carbonyl (C=O) groups is 2. The van der Waals surface area contributed by atoms with Crippen molar-refractivity contribution in [1.82, 2.24) is 15.5 Å². The Morgan fingerprint density at radius 3 is 2.60 bits per heavy atom. The Bertz CT molecular complexity index is 1020. The van der Waals surface area contributed by atoms with Crippen LogP contribution in [0.25, 0.3) is 0 Å². The van der Waals surface area contributed by atoms with Crippen LogP contribution in [0.5, 0.6) is 0 Å². The number of hydrogen-bond donors (Lipinski definition) is 3. The first kappa shape index (κ1) is 22.2. The fourth-order valence-electron chi connectivity index (χ4n) is 2.61. The van der Waals surface area contributed by atoms with E-state index < -0.39 is 23.4 Å². The van der Waals surface area contributed by atoms with Crippen LogP contribution in [0.1, 0.15) is 41.6 Å². The Balaban J connectivity index is 1.57. The Morgan fingerprint density at radius 2 is 1.93 bits per heavy atom. The summed E-state index contributed by atoms with van der Waals surface area (Å²) in [6.07, 6.45) is 0. The van der Waals surface area contributed by atoms with Gasteiger partial charge in [-0.15, -0.1) is 11.8 Å². The van der Waals surface area contributed by atoms with Gasteiger partial charge in [0.2, 0.25) is 0 Å². The molecule has 0 saturated carbocycles. The van der Waals surface area contributed by atoms with Gasteiger partial charge in [0.1, 0.15) is 5.82 Å². The maximum atomic E-state index is 13.4. The number of nitrogens with one attached hydrogen (secondary N) is 3. The Kier molecular flexibility index (Phi) is 6.47. The number of thioether (sulfide) groups is 1. The number of aromatic amines is 1. The zero-order valence-corrected chi connectivity index (χ0v) is 18.0. The summed E-state index contributed by atoms with van der Waals surface area (Å²) in [5.74, 6) is -3.47. The van der Waals surface area contributed by atoms with Crippen molar-refractivity contribution in [1.29, 1.82) is 0 Å². The first-order valence-electron chi connectivity index (χ1n) is 9.04. The third-order valence-corrected chi connectivity index (χ3v) is 6.39. The number of aromatic nitrogens is 2. The quantitative estimate of drug-likeness (QED) is 0.595. The number of amides is 2. The van der Waals surface area contributed by atoms with Crippen LogP contribution in [0.4, 0.5) is 14.6 Å². The van der Waals surface area contributed by atoms with Crippen molar-refractivity contribution in [3.8, 4) is 0 Å². The average molecular weight is 456 g/mol. The molecule has 7 nitrogen and oxygen atoms in total. The molecule has 0 saturated heterocycles. The minimum Gasteiger partial charge on any atom is -0.344 e. The second-order valence-electron chi connectivity index (χ2n) is 7.76. The minimum absolute atomic E-state index is 0.0534. The highest BCUT2D eigenvalue weighted by molar-refractivity contribution is 8.14. The number of aliphatic imine (C=N–C) groups is 1. The third-order valence-electron chi connectivity index (χ3n) is 4.39. The van der Waals surface area contributed by atoms with E-state index in [0.717, 1.165) is 5.04 Å². The lowest BCUT2D eigenvalue weighted by molar-refractivity contribution is 0.0953. The first-order chi connectivity index (χ1) is 14.0. The van der Waals surface area contributed by atoms with Crippen molar-refractivity contribution in [3.05, 3.63) is 46.1 Å². The standard InChI is InChI=1S/C19H20ClF2N5O2S/c1-19(2,3)14-7-23-16(30-14)8-24-18(29)13-6-15(27-26-13)25-17(28)9-4-11(21)12(22)5-10(9)20/h4-6,14H,7-8H2,1-3H3,(H,24,29)(H2,25,26,27,28). The molecule has 0 radical (unpaired) electrons. The van der Waals surface area contributed by atoms with Gasteiger partial charge in [-0.3, -0.25) is 19.7 Å². The monoisotopic (exact) mass is 455 g/mol. The van der Waals surface area contributed by atoms with Crippen LogP contribution in [-0.2, 0) is 0 Å². The second kappa shape index (κ2) is 8.73. The molecule has 2 heterocycles. The Morgan fingerprint density at radius 1 is 1.23 bits per heavy atom. The summed E-state index contributed by atoms with van der Waals surface area (Å²) in [6, 6.07) is 2.73. The van der Waals surface area contributed by atoms with E-state index in [-0.39, 0.29) is 34.1 Å². The SMILES string of the molecule is CC(C)(C)C1CN=C(CNC(=O)c2cc(NC(=O)c3cc(F)c(F)cc3Cl)[nH]n2)S1. The first-order valence-corrected chi connectivity index (χ1v) is 10.3. The number of hydrogen-bond acceptors (Lipinski definition) is 5. The van der Waals surface area contributed by atoms with Crippen molar-refractivity contribution in [2.24, 2.45) is 10.4 Å². The van der Waals surface area contributed by atoms with Gasteiger partial charge in [0, 0.05) is 11.3 Å². The summed E-state index contributed by atoms with van der Waals surface area (Å²) in [4.78, 5) is 29.0. The molecule has 160 valence electrons. The summed E-state index contributed by atoms with van der Waals surface area (Å²) in [7, 11) is 0. The number of anilines is 1. The number of H-pyrrole nitrogens is 1. The van der Waals surface area contributed by atoms with E-state index in [4.69, 9.17) is 11.6 Å². The maximum Gasteiger partial charge on any atom is 0.272 e. The van der Waals surface area contributed by atoms with Crippen LogP contribution < -0.4 is 10.6 Å². The molecule has 1 atom stereocenters. The summed E-state index contributed by atoms with van der Waals surface area (Å²) >= 11 is 7.44. The van der Waals surface area contributed by atoms with Crippen LogP contribution in [0.2, 0.25) is 5.02 Å². The van der Waals surface area contributed by atoms with Crippen molar-refractivity contribution in [2.45, 2.75) is 26.0 Å². The Labute approximate surface area is 181 Å². The molecule has 0 bridgehead atoms. The number of carbonyl (C=O) groups excluding carboxylic acids is 2. The van der Waals surface area contributed by atoms with Crippen molar-refractivity contribution in [2.75, 3.05) is 18.4 Å². The summed E-state index contributed by atoms with van der Waals surface area (Å²) in [6.45, 7) is 7.44. The lowest BCUT2D eigenvalue weighted by Crippen LogP contribution is -2.29. The summed E-state index contributed by atoms with van der Waals surface area (Å²) in [5.41, 5.74) is -0.0792. The lowest BCUT2D eigenvalue weighted by Gasteiger charge is -2.24. The van der Waals surface area contributed by atoms with Gasteiger partial charge >= 0.3 is 0 Å². The molecule has 0 aliphatic carbocycles. The molecule has 30 heavy (non-hydrogen) atoms. The molecule has 1 unspecified atom stereocenters. The third kappa shape index (κ3) is 5.17. The largest absolute Gasteiger partial charge is 0.344 e. The van der Waals surface area contributed by atoms with Gasteiger partial charge in [-0.2, -0.15) is 5.10 Å². The van der Waals surface area contributed by atoms with Gasteiger partial charge in [0.15, 0.2) is 17.3 Å². The van der Waals surface area contributed by atoms with E-state index in [1.54, 1.807) is 11.8 Å². The second-order valence-corrected chi connectivity index (χ2v) is 9.44. The number of rotatable bonds is 5. The number of nitrogens with zero attached hydrogens (tertiary/aromatic N) is 2. The maximum absolute atomic E-state index is 13.4. The van der Waals surface area contributed by atoms with E-state index in [0.29, 0.717) is 23.9 Å². The van der Waals surface area contributed by atoms with E-state index in [9.17, 15) is 18.4 Å².